The van der Waals surface area contributed by atoms with Crippen molar-refractivity contribution in [2.24, 2.45) is 0 Å². The summed E-state index contributed by atoms with van der Waals surface area (Å²) >= 11 is 0. The Morgan fingerprint density at radius 3 is 2.77 bits per heavy atom. The summed E-state index contributed by atoms with van der Waals surface area (Å²) in [4.78, 5) is 0.166. The quantitative estimate of drug-likeness (QED) is 0.672. The third-order valence-corrected chi connectivity index (χ3v) is 3.39. The zero-order valence-corrected chi connectivity index (χ0v) is 8.27. The molecule has 0 amide bonds. The van der Waals surface area contributed by atoms with Gasteiger partial charge in [0.1, 0.15) is 0 Å². The summed E-state index contributed by atoms with van der Waals surface area (Å²) in [6, 6.07) is 4.93. The molecular formula is C9H7ClO2S. The van der Waals surface area contributed by atoms with Crippen molar-refractivity contribution in [1.29, 1.82) is 0 Å². The summed E-state index contributed by atoms with van der Waals surface area (Å²) in [5.74, 6) is 0. The second kappa shape index (κ2) is 2.86. The first kappa shape index (κ1) is 8.78. The van der Waals surface area contributed by atoms with Gasteiger partial charge in [-0.2, -0.15) is 0 Å². The average Bonchev–Trinajstić information content (AvgIpc) is 2.47. The van der Waals surface area contributed by atoms with Gasteiger partial charge >= 0.3 is 0 Å². The number of halogens is 1. The topological polar surface area (TPSA) is 34.1 Å². The van der Waals surface area contributed by atoms with Crippen molar-refractivity contribution in [3.05, 3.63) is 35.4 Å². The Morgan fingerprint density at radius 2 is 2.08 bits per heavy atom. The molecule has 2 nitrogen and oxygen atoms in total. The van der Waals surface area contributed by atoms with E-state index in [0.29, 0.717) is 0 Å². The molecule has 0 radical (unpaired) electrons. The summed E-state index contributed by atoms with van der Waals surface area (Å²) in [5, 5.41) is 0. The van der Waals surface area contributed by atoms with Gasteiger partial charge in [0.15, 0.2) is 0 Å². The molecule has 1 aromatic carbocycles. The van der Waals surface area contributed by atoms with Gasteiger partial charge < -0.3 is 0 Å². The molecule has 0 atom stereocenters. The van der Waals surface area contributed by atoms with Gasteiger partial charge in [-0.15, -0.1) is 0 Å². The predicted octanol–water partition coefficient (Wildman–Crippen LogP) is 2.18. The molecule has 0 fully saturated rings. The Kier molecular flexibility index (Phi) is 1.93. The average molecular weight is 215 g/mol. The largest absolute Gasteiger partial charge is 0.261 e. The van der Waals surface area contributed by atoms with Crippen LogP contribution in [0.1, 0.15) is 11.1 Å². The first-order chi connectivity index (χ1) is 6.07. The van der Waals surface area contributed by atoms with Crippen molar-refractivity contribution in [1.82, 2.24) is 0 Å². The van der Waals surface area contributed by atoms with Crippen LogP contribution in [0.5, 0.6) is 0 Å². The summed E-state index contributed by atoms with van der Waals surface area (Å²) in [5.41, 5.74) is 2.09. The van der Waals surface area contributed by atoms with E-state index >= 15 is 0 Å². The zero-order valence-electron chi connectivity index (χ0n) is 6.70. The fourth-order valence-electron chi connectivity index (χ4n) is 1.38. The minimum atomic E-state index is -3.59. The SMILES string of the molecule is O=S(=O)(Cl)c1ccc2c(c1)C=CC2. The lowest BCUT2D eigenvalue weighted by molar-refractivity contribution is 0.609. The molecule has 2 rings (SSSR count). The minimum absolute atomic E-state index is 0.166. The highest BCUT2D eigenvalue weighted by Crippen LogP contribution is 2.24. The first-order valence-electron chi connectivity index (χ1n) is 3.81. The van der Waals surface area contributed by atoms with Gasteiger partial charge in [0.25, 0.3) is 9.05 Å². The van der Waals surface area contributed by atoms with Crippen LogP contribution >= 0.6 is 10.7 Å². The fraction of sp³-hybridized carbons (Fsp3) is 0.111. The van der Waals surface area contributed by atoms with E-state index in [9.17, 15) is 8.42 Å². The number of hydrogen-bond donors (Lipinski definition) is 0. The van der Waals surface area contributed by atoms with Crippen molar-refractivity contribution in [3.8, 4) is 0 Å². The molecule has 0 saturated heterocycles. The number of benzene rings is 1. The predicted molar refractivity (Wildman–Crippen MR) is 52.2 cm³/mol. The van der Waals surface area contributed by atoms with Crippen LogP contribution in [0.2, 0.25) is 0 Å². The van der Waals surface area contributed by atoms with Crippen LogP contribution in [-0.2, 0) is 15.5 Å². The van der Waals surface area contributed by atoms with Crippen LogP contribution < -0.4 is 0 Å². The molecule has 4 heteroatoms. The molecule has 0 spiro atoms. The highest BCUT2D eigenvalue weighted by atomic mass is 35.7. The van der Waals surface area contributed by atoms with E-state index in [0.717, 1.165) is 17.5 Å². The van der Waals surface area contributed by atoms with E-state index in [1.807, 2.05) is 12.2 Å². The summed E-state index contributed by atoms with van der Waals surface area (Å²) in [6.07, 6.45) is 4.77. The third-order valence-electron chi connectivity index (χ3n) is 2.03. The lowest BCUT2D eigenvalue weighted by Crippen LogP contribution is -1.92. The second-order valence-electron chi connectivity index (χ2n) is 2.90. The van der Waals surface area contributed by atoms with Gasteiger partial charge in [-0.3, -0.25) is 0 Å². The van der Waals surface area contributed by atoms with Gasteiger partial charge in [0.05, 0.1) is 4.90 Å². The van der Waals surface area contributed by atoms with Crippen molar-refractivity contribution >= 4 is 25.8 Å². The van der Waals surface area contributed by atoms with Crippen LogP contribution in [0.3, 0.4) is 0 Å². The van der Waals surface area contributed by atoms with Crippen molar-refractivity contribution in [3.63, 3.8) is 0 Å². The summed E-state index contributed by atoms with van der Waals surface area (Å²) < 4.78 is 21.9. The third kappa shape index (κ3) is 1.62. The molecule has 0 heterocycles. The van der Waals surface area contributed by atoms with Crippen LogP contribution in [0.4, 0.5) is 0 Å². The lowest BCUT2D eigenvalue weighted by atomic mass is 10.1. The highest BCUT2D eigenvalue weighted by molar-refractivity contribution is 8.13. The van der Waals surface area contributed by atoms with Gasteiger partial charge in [0.2, 0.25) is 0 Å². The number of hydrogen-bond acceptors (Lipinski definition) is 2. The Balaban J connectivity index is 2.59. The second-order valence-corrected chi connectivity index (χ2v) is 5.47. The molecule has 0 bridgehead atoms. The standard InChI is InChI=1S/C9H7ClO2S/c10-13(11,12)9-5-4-7-2-1-3-8(7)6-9/h1,3-6H,2H2. The maximum absolute atomic E-state index is 11.0. The lowest BCUT2D eigenvalue weighted by Gasteiger charge is -2.00. The number of fused-ring (bicyclic) bond motifs is 1. The van der Waals surface area contributed by atoms with Gasteiger partial charge in [0, 0.05) is 10.7 Å². The molecule has 0 aromatic heterocycles. The Labute approximate surface area is 81.3 Å². The van der Waals surface area contributed by atoms with Gasteiger partial charge in [-0.1, -0.05) is 18.2 Å². The normalized spacial score (nSPS) is 14.5. The van der Waals surface area contributed by atoms with Crippen LogP contribution in [0.25, 0.3) is 6.08 Å². The van der Waals surface area contributed by atoms with E-state index in [1.54, 1.807) is 12.1 Å². The molecule has 0 unspecified atom stereocenters. The van der Waals surface area contributed by atoms with Gasteiger partial charge in [-0.05, 0) is 29.7 Å². The van der Waals surface area contributed by atoms with Crippen LogP contribution in [0.15, 0.2) is 29.2 Å². The molecule has 1 aliphatic carbocycles. The maximum atomic E-state index is 11.0. The molecule has 1 aromatic rings. The van der Waals surface area contributed by atoms with E-state index in [-0.39, 0.29) is 4.90 Å². The Hall–Kier alpha value is -0.800. The molecule has 0 saturated carbocycles. The Bertz CT molecular complexity index is 474. The van der Waals surface area contributed by atoms with E-state index in [4.69, 9.17) is 10.7 Å². The first-order valence-corrected chi connectivity index (χ1v) is 6.12. The van der Waals surface area contributed by atoms with Crippen molar-refractivity contribution < 1.29 is 8.42 Å². The summed E-state index contributed by atoms with van der Waals surface area (Å²) in [6.45, 7) is 0. The van der Waals surface area contributed by atoms with E-state index in [1.165, 1.54) is 6.07 Å². The molecule has 0 N–H and O–H groups in total. The molecule has 68 valence electrons. The minimum Gasteiger partial charge on any atom is -0.207 e. The summed E-state index contributed by atoms with van der Waals surface area (Å²) in [7, 11) is 1.62. The zero-order chi connectivity index (χ0) is 9.47. The van der Waals surface area contributed by atoms with Crippen molar-refractivity contribution in [2.45, 2.75) is 11.3 Å². The molecular weight excluding hydrogens is 208 g/mol. The van der Waals surface area contributed by atoms with Crippen LogP contribution in [-0.4, -0.2) is 8.42 Å². The molecule has 13 heavy (non-hydrogen) atoms. The van der Waals surface area contributed by atoms with E-state index < -0.39 is 9.05 Å². The monoisotopic (exact) mass is 214 g/mol. The molecule has 0 aliphatic heterocycles. The number of rotatable bonds is 1. The van der Waals surface area contributed by atoms with Crippen molar-refractivity contribution in [2.75, 3.05) is 0 Å². The van der Waals surface area contributed by atoms with Crippen LogP contribution in [0, 0.1) is 0 Å². The molecule has 1 aliphatic rings. The maximum Gasteiger partial charge on any atom is 0.261 e. The Morgan fingerprint density at radius 1 is 1.31 bits per heavy atom. The smallest absolute Gasteiger partial charge is 0.207 e. The van der Waals surface area contributed by atoms with Gasteiger partial charge in [-0.25, -0.2) is 8.42 Å². The van der Waals surface area contributed by atoms with E-state index in [2.05, 4.69) is 0 Å². The highest BCUT2D eigenvalue weighted by Gasteiger charge is 2.13. The fourth-order valence-corrected chi connectivity index (χ4v) is 2.16. The number of allylic oxidation sites excluding steroid dienone is 1.